The number of Topliss-reactive ketones (excluding diaryl/α,β-unsaturated/α-hetero) is 1. The van der Waals surface area contributed by atoms with Crippen molar-refractivity contribution < 1.29 is 14.4 Å². The van der Waals surface area contributed by atoms with Crippen molar-refractivity contribution in [3.63, 3.8) is 0 Å². The number of hydrogen-bond acceptors (Lipinski definition) is 5. The van der Waals surface area contributed by atoms with Crippen LogP contribution in [0.15, 0.2) is 53.3 Å². The molecule has 3 rings (SSSR count). The maximum Gasteiger partial charge on any atom is 0.285 e. The van der Waals surface area contributed by atoms with Crippen molar-refractivity contribution in [1.29, 1.82) is 0 Å². The third kappa shape index (κ3) is 4.94. The van der Waals surface area contributed by atoms with Gasteiger partial charge in [-0.2, -0.15) is 0 Å². The van der Waals surface area contributed by atoms with Gasteiger partial charge in [-0.15, -0.1) is 0 Å². The summed E-state index contributed by atoms with van der Waals surface area (Å²) < 4.78 is 0. The zero-order chi connectivity index (χ0) is 22.5. The van der Waals surface area contributed by atoms with Crippen LogP contribution in [-0.2, 0) is 9.59 Å². The topological polar surface area (TPSA) is 123 Å². The second-order valence-electron chi connectivity index (χ2n) is 7.69. The molecule has 3 aromatic rings. The largest absolute Gasteiger partial charge is 0.363 e. The summed E-state index contributed by atoms with van der Waals surface area (Å²) in [4.78, 5) is 55.6. The summed E-state index contributed by atoms with van der Waals surface area (Å²) in [7, 11) is 0. The Morgan fingerprint density at radius 3 is 2.39 bits per heavy atom. The molecule has 31 heavy (non-hydrogen) atoms. The summed E-state index contributed by atoms with van der Waals surface area (Å²) in [5.74, 6) is -2.31. The normalized spacial score (nSPS) is 13.0. The van der Waals surface area contributed by atoms with Crippen molar-refractivity contribution >= 4 is 28.5 Å². The molecule has 3 N–H and O–H groups in total. The third-order valence-corrected chi connectivity index (χ3v) is 5.54. The van der Waals surface area contributed by atoms with Gasteiger partial charge in [0.05, 0.1) is 11.0 Å². The van der Waals surface area contributed by atoms with Crippen molar-refractivity contribution in [3.8, 4) is 0 Å². The second-order valence-corrected chi connectivity index (χ2v) is 7.69. The number of rotatable bonds is 9. The van der Waals surface area contributed by atoms with Gasteiger partial charge in [-0.1, -0.05) is 44.2 Å². The lowest BCUT2D eigenvalue weighted by Crippen LogP contribution is -2.30. The zero-order valence-corrected chi connectivity index (χ0v) is 17.6. The Balaban J connectivity index is 1.82. The van der Waals surface area contributed by atoms with Crippen molar-refractivity contribution in [2.24, 2.45) is 11.7 Å². The lowest BCUT2D eigenvalue weighted by atomic mass is 9.90. The molecule has 7 nitrogen and oxygen atoms in total. The van der Waals surface area contributed by atoms with Gasteiger partial charge in [-0.25, -0.2) is 4.98 Å². The van der Waals surface area contributed by atoms with E-state index in [1.807, 2.05) is 19.9 Å². The minimum atomic E-state index is -0.929. The number of aromatic nitrogens is 2. The molecule has 0 radical (unpaired) electrons. The summed E-state index contributed by atoms with van der Waals surface area (Å²) in [6, 6.07) is 14.0. The highest BCUT2D eigenvalue weighted by Crippen LogP contribution is 2.23. The Hall–Kier alpha value is -3.61. The van der Waals surface area contributed by atoms with Crippen LogP contribution in [0.3, 0.4) is 0 Å². The van der Waals surface area contributed by atoms with Gasteiger partial charge >= 0.3 is 0 Å². The van der Waals surface area contributed by atoms with Gasteiger partial charge in [-0.3, -0.25) is 19.2 Å². The molecule has 0 fully saturated rings. The fraction of sp³-hybridized carbons (Fsp3) is 0.292. The molecule has 1 amide bonds. The molecule has 0 aliphatic heterocycles. The van der Waals surface area contributed by atoms with Crippen LogP contribution >= 0.6 is 0 Å². The molecule has 1 aromatic heterocycles. The fourth-order valence-corrected chi connectivity index (χ4v) is 3.64. The van der Waals surface area contributed by atoms with E-state index in [2.05, 4.69) is 9.97 Å². The van der Waals surface area contributed by atoms with Crippen LogP contribution < -0.4 is 11.3 Å². The number of carbonyl (C=O) groups excluding carboxylic acids is 3. The van der Waals surface area contributed by atoms with E-state index in [-0.39, 0.29) is 17.3 Å². The van der Waals surface area contributed by atoms with Crippen LogP contribution in [0, 0.1) is 5.92 Å². The van der Waals surface area contributed by atoms with E-state index in [4.69, 9.17) is 5.73 Å². The predicted molar refractivity (Wildman–Crippen MR) is 118 cm³/mol. The van der Waals surface area contributed by atoms with Crippen LogP contribution in [0.5, 0.6) is 0 Å². The van der Waals surface area contributed by atoms with Gasteiger partial charge in [-0.05, 0) is 37.5 Å². The number of nitrogens with one attached hydrogen (secondary N) is 1. The number of H-pyrrole nitrogens is 1. The maximum absolute atomic E-state index is 12.7. The van der Waals surface area contributed by atoms with E-state index < -0.39 is 17.6 Å². The Kier molecular flexibility index (Phi) is 6.74. The summed E-state index contributed by atoms with van der Waals surface area (Å²) in [5.41, 5.74) is 7.22. The summed E-state index contributed by atoms with van der Waals surface area (Å²) in [6.07, 6.45) is 1.47. The van der Waals surface area contributed by atoms with Crippen molar-refractivity contribution in [1.82, 2.24) is 9.97 Å². The molecule has 2 aromatic carbocycles. The second kappa shape index (κ2) is 9.47. The Labute approximate surface area is 179 Å². The van der Waals surface area contributed by atoms with Gasteiger partial charge < -0.3 is 10.7 Å². The number of ketones is 2. The Bertz CT molecular complexity index is 1180. The molecule has 1 heterocycles. The SMILES string of the molecule is CCC(CCC(C)c1nc2ccc(C(=O)c3ccccc3)cc2[nH]c1=O)C(=O)C(N)=O. The van der Waals surface area contributed by atoms with Gasteiger partial charge in [0.15, 0.2) is 5.78 Å². The standard InChI is InChI=1S/C24H25N3O4/c1-3-15(22(29)23(25)30)10-9-14(2)20-24(31)27-19-13-17(11-12-18(19)26-20)21(28)16-7-5-4-6-8-16/h4-8,11-15H,3,9-10H2,1-2H3,(H2,25,30)(H,27,31). The van der Waals surface area contributed by atoms with Crippen LogP contribution in [0.25, 0.3) is 11.0 Å². The number of fused-ring (bicyclic) bond motifs is 1. The molecule has 2 atom stereocenters. The van der Waals surface area contributed by atoms with E-state index in [1.165, 1.54) is 0 Å². The lowest BCUT2D eigenvalue weighted by molar-refractivity contribution is -0.138. The highest BCUT2D eigenvalue weighted by atomic mass is 16.2. The molecule has 7 heteroatoms. The highest BCUT2D eigenvalue weighted by Gasteiger charge is 2.23. The third-order valence-electron chi connectivity index (χ3n) is 5.54. The average molecular weight is 419 g/mol. The molecule has 0 saturated heterocycles. The number of primary amides is 1. The maximum atomic E-state index is 12.7. The molecule has 0 spiro atoms. The minimum absolute atomic E-state index is 0.134. The van der Waals surface area contributed by atoms with Gasteiger partial charge in [0.25, 0.3) is 11.5 Å². The van der Waals surface area contributed by atoms with Gasteiger partial charge in [0.1, 0.15) is 5.69 Å². The molecule has 0 aliphatic rings. The Morgan fingerprint density at radius 2 is 1.74 bits per heavy atom. The first-order valence-electron chi connectivity index (χ1n) is 10.3. The Morgan fingerprint density at radius 1 is 1.03 bits per heavy atom. The van der Waals surface area contributed by atoms with E-state index >= 15 is 0 Å². The van der Waals surface area contributed by atoms with Gasteiger partial charge in [0, 0.05) is 23.0 Å². The molecule has 0 saturated carbocycles. The number of aromatic amines is 1. The first kappa shape index (κ1) is 22.1. The van der Waals surface area contributed by atoms with Crippen LogP contribution in [0.2, 0.25) is 0 Å². The number of nitrogens with two attached hydrogens (primary N) is 1. The van der Waals surface area contributed by atoms with Crippen LogP contribution in [0.1, 0.15) is 60.6 Å². The molecular weight excluding hydrogens is 394 g/mol. The predicted octanol–water partition coefficient (Wildman–Crippen LogP) is 3.12. The summed E-state index contributed by atoms with van der Waals surface area (Å²) in [5, 5.41) is 0. The van der Waals surface area contributed by atoms with Crippen molar-refractivity contribution in [3.05, 3.63) is 75.7 Å². The summed E-state index contributed by atoms with van der Waals surface area (Å²) >= 11 is 0. The quantitative estimate of drug-likeness (QED) is 0.407. The summed E-state index contributed by atoms with van der Waals surface area (Å²) in [6.45, 7) is 3.68. The van der Waals surface area contributed by atoms with Gasteiger partial charge in [0.2, 0.25) is 5.78 Å². The molecule has 0 aliphatic carbocycles. The number of amides is 1. The van der Waals surface area contributed by atoms with E-state index in [0.717, 1.165) is 0 Å². The smallest absolute Gasteiger partial charge is 0.285 e. The number of benzene rings is 2. The molecule has 160 valence electrons. The molecule has 2 unspecified atom stereocenters. The minimum Gasteiger partial charge on any atom is -0.363 e. The monoisotopic (exact) mass is 419 g/mol. The van der Waals surface area contributed by atoms with Crippen molar-refractivity contribution in [2.45, 2.75) is 39.0 Å². The van der Waals surface area contributed by atoms with Crippen molar-refractivity contribution in [2.75, 3.05) is 0 Å². The molecule has 0 bridgehead atoms. The fourth-order valence-electron chi connectivity index (χ4n) is 3.64. The van der Waals surface area contributed by atoms with E-state index in [0.29, 0.717) is 47.1 Å². The number of nitrogens with zero attached hydrogens (tertiary/aromatic N) is 1. The van der Waals surface area contributed by atoms with Crippen LogP contribution in [0.4, 0.5) is 0 Å². The first-order chi connectivity index (χ1) is 14.8. The van der Waals surface area contributed by atoms with Crippen LogP contribution in [-0.4, -0.2) is 27.4 Å². The highest BCUT2D eigenvalue weighted by molar-refractivity contribution is 6.36. The average Bonchev–Trinajstić information content (AvgIpc) is 2.78. The lowest BCUT2D eigenvalue weighted by Gasteiger charge is -2.15. The first-order valence-corrected chi connectivity index (χ1v) is 10.3. The van der Waals surface area contributed by atoms with E-state index in [1.54, 1.807) is 42.5 Å². The molecular formula is C24H25N3O4. The van der Waals surface area contributed by atoms with E-state index in [9.17, 15) is 19.2 Å². The number of hydrogen-bond donors (Lipinski definition) is 2. The zero-order valence-electron chi connectivity index (χ0n) is 17.6. The number of carbonyl (C=O) groups is 3.